The molecule has 0 aromatic heterocycles. The number of halogens is 2. The zero-order valence-electron chi connectivity index (χ0n) is 14.1. The van der Waals surface area contributed by atoms with Crippen LogP contribution >= 0.6 is 0 Å². The molecule has 0 bridgehead atoms. The minimum Gasteiger partial charge on any atom is -0.493 e. The van der Waals surface area contributed by atoms with E-state index in [-0.39, 0.29) is 23.0 Å². The van der Waals surface area contributed by atoms with Crippen LogP contribution in [0, 0.1) is 0 Å². The van der Waals surface area contributed by atoms with E-state index in [0.717, 1.165) is 0 Å². The van der Waals surface area contributed by atoms with Crippen LogP contribution in [0.2, 0.25) is 0 Å². The second kappa shape index (κ2) is 8.80. The molecule has 1 N–H and O–H groups in total. The maximum atomic E-state index is 12.4. The molecular formula is C18H17F2NO5. The number of nitrogens with one attached hydrogen (secondary N) is 1. The smallest absolute Gasteiger partial charge is 0.387 e. The van der Waals surface area contributed by atoms with E-state index in [2.05, 4.69) is 10.1 Å². The molecule has 0 unspecified atom stereocenters. The molecule has 138 valence electrons. The number of ketones is 1. The Hall–Kier alpha value is -3.16. The molecular weight excluding hydrogens is 348 g/mol. The zero-order chi connectivity index (χ0) is 19.1. The fraction of sp³-hybridized carbons (Fsp3) is 0.222. The van der Waals surface area contributed by atoms with Crippen molar-refractivity contribution in [3.63, 3.8) is 0 Å². The van der Waals surface area contributed by atoms with Crippen LogP contribution in [0.3, 0.4) is 0 Å². The molecule has 0 saturated heterocycles. The average Bonchev–Trinajstić information content (AvgIpc) is 2.61. The molecule has 26 heavy (non-hydrogen) atoms. The molecule has 0 heterocycles. The number of para-hydroxylation sites is 2. The Morgan fingerprint density at radius 2 is 1.81 bits per heavy atom. The number of hydrogen-bond donors (Lipinski definition) is 1. The normalized spacial score (nSPS) is 10.3. The molecule has 0 radical (unpaired) electrons. The maximum absolute atomic E-state index is 12.4. The van der Waals surface area contributed by atoms with Gasteiger partial charge in [0, 0.05) is 5.56 Å². The molecule has 8 heteroatoms. The first kappa shape index (κ1) is 19.2. The number of rotatable bonds is 8. The number of alkyl halides is 2. The Morgan fingerprint density at radius 3 is 2.46 bits per heavy atom. The summed E-state index contributed by atoms with van der Waals surface area (Å²) in [5.74, 6) is -0.299. The summed E-state index contributed by atoms with van der Waals surface area (Å²) in [5, 5.41) is 2.44. The summed E-state index contributed by atoms with van der Waals surface area (Å²) in [6, 6.07) is 10.4. The minimum absolute atomic E-state index is 0.0975. The Kier molecular flexibility index (Phi) is 6.48. The predicted octanol–water partition coefficient (Wildman–Crippen LogP) is 3.52. The van der Waals surface area contributed by atoms with Crippen LogP contribution in [0.15, 0.2) is 42.5 Å². The summed E-state index contributed by atoms with van der Waals surface area (Å²) in [6.07, 6.45) is 0. The molecule has 0 spiro atoms. The topological polar surface area (TPSA) is 73.9 Å². The van der Waals surface area contributed by atoms with E-state index in [4.69, 9.17) is 9.47 Å². The number of hydrogen-bond acceptors (Lipinski definition) is 5. The van der Waals surface area contributed by atoms with Crippen molar-refractivity contribution >= 4 is 17.4 Å². The van der Waals surface area contributed by atoms with Gasteiger partial charge in [0.2, 0.25) is 0 Å². The number of amides is 1. The van der Waals surface area contributed by atoms with Gasteiger partial charge in [-0.2, -0.15) is 8.78 Å². The summed E-state index contributed by atoms with van der Waals surface area (Å²) in [7, 11) is 1.41. The van der Waals surface area contributed by atoms with Gasteiger partial charge in [0.05, 0.1) is 12.8 Å². The summed E-state index contributed by atoms with van der Waals surface area (Å²) in [6.45, 7) is -1.98. The Balaban J connectivity index is 2.03. The first-order valence-electron chi connectivity index (χ1n) is 7.56. The highest BCUT2D eigenvalue weighted by atomic mass is 19.3. The van der Waals surface area contributed by atoms with Crippen molar-refractivity contribution in [2.45, 2.75) is 13.5 Å². The van der Waals surface area contributed by atoms with Gasteiger partial charge < -0.3 is 19.5 Å². The van der Waals surface area contributed by atoms with Gasteiger partial charge in [-0.15, -0.1) is 0 Å². The van der Waals surface area contributed by atoms with E-state index in [1.165, 1.54) is 44.4 Å². The number of anilines is 1. The number of ether oxygens (including phenoxy) is 3. The van der Waals surface area contributed by atoms with Crippen LogP contribution in [0.4, 0.5) is 14.5 Å². The van der Waals surface area contributed by atoms with Gasteiger partial charge in [-0.1, -0.05) is 12.1 Å². The Morgan fingerprint density at radius 1 is 1.08 bits per heavy atom. The lowest BCUT2D eigenvalue weighted by Crippen LogP contribution is -2.21. The van der Waals surface area contributed by atoms with E-state index >= 15 is 0 Å². The first-order chi connectivity index (χ1) is 12.4. The van der Waals surface area contributed by atoms with Crippen molar-refractivity contribution in [3.8, 4) is 17.2 Å². The molecule has 0 saturated carbocycles. The number of carbonyl (C=O) groups is 2. The van der Waals surface area contributed by atoms with Gasteiger partial charge in [0.1, 0.15) is 5.75 Å². The predicted molar refractivity (Wildman–Crippen MR) is 90.2 cm³/mol. The molecule has 0 atom stereocenters. The van der Waals surface area contributed by atoms with Gasteiger partial charge in [-0.05, 0) is 37.3 Å². The van der Waals surface area contributed by atoms with Crippen LogP contribution in [-0.2, 0) is 4.79 Å². The monoisotopic (exact) mass is 365 g/mol. The molecule has 0 aliphatic heterocycles. The highest BCUT2D eigenvalue weighted by Gasteiger charge is 2.13. The van der Waals surface area contributed by atoms with Crippen molar-refractivity contribution in [2.24, 2.45) is 0 Å². The molecule has 0 fully saturated rings. The number of methoxy groups -OCH3 is 1. The lowest BCUT2D eigenvalue weighted by Gasteiger charge is -2.13. The molecule has 2 rings (SSSR count). The quantitative estimate of drug-likeness (QED) is 0.725. The van der Waals surface area contributed by atoms with E-state index in [0.29, 0.717) is 11.3 Å². The summed E-state index contributed by atoms with van der Waals surface area (Å²) in [5.41, 5.74) is 0.539. The summed E-state index contributed by atoms with van der Waals surface area (Å²) < 4.78 is 39.6. The number of carbonyl (C=O) groups excluding carboxylic acids is 2. The minimum atomic E-state index is -3.01. The molecule has 6 nitrogen and oxygen atoms in total. The summed E-state index contributed by atoms with van der Waals surface area (Å²) >= 11 is 0. The second-order valence-electron chi connectivity index (χ2n) is 5.13. The molecule has 2 aromatic rings. The highest BCUT2D eigenvalue weighted by Crippen LogP contribution is 2.29. The van der Waals surface area contributed by atoms with Gasteiger partial charge >= 0.3 is 6.61 Å². The first-order valence-corrected chi connectivity index (χ1v) is 7.56. The van der Waals surface area contributed by atoms with Crippen LogP contribution in [0.5, 0.6) is 17.2 Å². The van der Waals surface area contributed by atoms with Crippen molar-refractivity contribution in [1.29, 1.82) is 0 Å². The third-order valence-corrected chi connectivity index (χ3v) is 3.31. The largest absolute Gasteiger partial charge is 0.493 e. The number of Topliss-reactive ketones (excluding diaryl/α,β-unsaturated/α-hetero) is 1. The van der Waals surface area contributed by atoms with Crippen LogP contribution < -0.4 is 19.5 Å². The standard InChI is InChI=1S/C18H17F2NO5/c1-11(22)12-7-8-15(16(9-12)24-2)25-10-17(23)21-13-5-3-4-6-14(13)26-18(19)20/h3-9,18H,10H2,1-2H3,(H,21,23). The SMILES string of the molecule is COc1cc(C(C)=O)ccc1OCC(=O)Nc1ccccc1OC(F)F. The van der Waals surface area contributed by atoms with Crippen molar-refractivity contribution in [3.05, 3.63) is 48.0 Å². The molecule has 1 amide bonds. The lowest BCUT2D eigenvalue weighted by molar-refractivity contribution is -0.118. The fourth-order valence-electron chi connectivity index (χ4n) is 2.10. The van der Waals surface area contributed by atoms with Gasteiger partial charge in [-0.25, -0.2) is 0 Å². The van der Waals surface area contributed by atoms with Gasteiger partial charge in [0.15, 0.2) is 23.9 Å². The third kappa shape index (κ3) is 5.17. The van der Waals surface area contributed by atoms with E-state index in [9.17, 15) is 18.4 Å². The van der Waals surface area contributed by atoms with Crippen molar-refractivity contribution < 1.29 is 32.6 Å². The van der Waals surface area contributed by atoms with Gasteiger partial charge in [-0.3, -0.25) is 9.59 Å². The summed E-state index contributed by atoms with van der Waals surface area (Å²) in [4.78, 5) is 23.4. The number of benzene rings is 2. The third-order valence-electron chi connectivity index (χ3n) is 3.31. The van der Waals surface area contributed by atoms with Crippen LogP contribution in [-0.4, -0.2) is 32.0 Å². The Bertz CT molecular complexity index is 795. The fourth-order valence-corrected chi connectivity index (χ4v) is 2.10. The maximum Gasteiger partial charge on any atom is 0.387 e. The van der Waals surface area contributed by atoms with E-state index < -0.39 is 19.1 Å². The van der Waals surface area contributed by atoms with Crippen molar-refractivity contribution in [1.82, 2.24) is 0 Å². The Labute approximate surface area is 148 Å². The highest BCUT2D eigenvalue weighted by molar-refractivity contribution is 5.95. The van der Waals surface area contributed by atoms with Gasteiger partial charge in [0.25, 0.3) is 5.91 Å². The van der Waals surface area contributed by atoms with Crippen LogP contribution in [0.25, 0.3) is 0 Å². The lowest BCUT2D eigenvalue weighted by atomic mass is 10.1. The van der Waals surface area contributed by atoms with E-state index in [1.807, 2.05) is 0 Å². The molecule has 0 aliphatic rings. The molecule has 2 aromatic carbocycles. The molecule has 0 aliphatic carbocycles. The van der Waals surface area contributed by atoms with E-state index in [1.54, 1.807) is 12.1 Å². The average molecular weight is 365 g/mol. The van der Waals surface area contributed by atoms with Crippen molar-refractivity contribution in [2.75, 3.05) is 19.0 Å². The zero-order valence-corrected chi connectivity index (χ0v) is 14.1. The second-order valence-corrected chi connectivity index (χ2v) is 5.13. The van der Waals surface area contributed by atoms with Crippen LogP contribution in [0.1, 0.15) is 17.3 Å².